The van der Waals surface area contributed by atoms with E-state index < -0.39 is 0 Å². The second kappa shape index (κ2) is 3.90. The monoisotopic (exact) mass is 170 g/mol. The lowest BCUT2D eigenvalue weighted by molar-refractivity contribution is -0.135. The van der Waals surface area contributed by atoms with Crippen molar-refractivity contribution in [2.75, 3.05) is 13.1 Å². The molecule has 2 N–H and O–H groups in total. The fourth-order valence-corrected chi connectivity index (χ4v) is 1.36. The first-order chi connectivity index (χ1) is 5.70. The van der Waals surface area contributed by atoms with Gasteiger partial charge in [0.2, 0.25) is 5.91 Å². The van der Waals surface area contributed by atoms with Crippen LogP contribution in [-0.2, 0) is 4.79 Å². The lowest BCUT2D eigenvalue weighted by Gasteiger charge is -2.23. The zero-order valence-electron chi connectivity index (χ0n) is 7.92. The zero-order chi connectivity index (χ0) is 9.14. The summed E-state index contributed by atoms with van der Waals surface area (Å²) in [7, 11) is 0. The molecule has 0 aromatic carbocycles. The van der Waals surface area contributed by atoms with Crippen molar-refractivity contribution in [2.45, 2.75) is 32.7 Å². The molecule has 0 aromatic heterocycles. The van der Waals surface area contributed by atoms with Gasteiger partial charge in [0.15, 0.2) is 0 Å². The van der Waals surface area contributed by atoms with Crippen molar-refractivity contribution in [3.8, 4) is 0 Å². The predicted molar refractivity (Wildman–Crippen MR) is 48.6 cm³/mol. The van der Waals surface area contributed by atoms with E-state index >= 15 is 0 Å². The summed E-state index contributed by atoms with van der Waals surface area (Å²) in [5.41, 5.74) is 5.44. The second-order valence-corrected chi connectivity index (χ2v) is 3.49. The number of rotatable bonds is 4. The summed E-state index contributed by atoms with van der Waals surface area (Å²) in [6, 6.07) is 0.525. The van der Waals surface area contributed by atoms with E-state index in [1.807, 2.05) is 18.7 Å². The van der Waals surface area contributed by atoms with E-state index in [0.717, 1.165) is 6.54 Å². The molecule has 1 unspecified atom stereocenters. The molecule has 0 aromatic rings. The molecule has 12 heavy (non-hydrogen) atoms. The van der Waals surface area contributed by atoms with Crippen LogP contribution in [-0.4, -0.2) is 29.9 Å². The van der Waals surface area contributed by atoms with E-state index in [1.54, 1.807) is 0 Å². The van der Waals surface area contributed by atoms with Crippen LogP contribution in [0.5, 0.6) is 0 Å². The number of nitrogens with two attached hydrogens (primary N) is 1. The first-order valence-electron chi connectivity index (χ1n) is 4.71. The Balaban J connectivity index is 2.46. The molecule has 1 atom stereocenters. The van der Waals surface area contributed by atoms with Crippen LogP contribution in [0.4, 0.5) is 0 Å². The van der Waals surface area contributed by atoms with Crippen molar-refractivity contribution in [1.29, 1.82) is 0 Å². The summed E-state index contributed by atoms with van der Waals surface area (Å²) in [6.45, 7) is 5.21. The number of nitrogens with zero attached hydrogens (tertiary/aromatic N) is 1. The average Bonchev–Trinajstić information content (AvgIpc) is 2.88. The maximum atomic E-state index is 11.6. The molecule has 1 fully saturated rings. The molecular formula is C9H18N2O. The predicted octanol–water partition coefficient (Wildman–Crippen LogP) is 0.592. The molecule has 1 aliphatic carbocycles. The van der Waals surface area contributed by atoms with Crippen LogP contribution in [0, 0.1) is 5.92 Å². The lowest BCUT2D eigenvalue weighted by atomic mass is 10.1. The molecule has 0 saturated heterocycles. The van der Waals surface area contributed by atoms with Crippen LogP contribution in [0.2, 0.25) is 0 Å². The molecule has 0 radical (unpaired) electrons. The minimum absolute atomic E-state index is 0.00875. The summed E-state index contributed by atoms with van der Waals surface area (Å²) in [4.78, 5) is 13.6. The van der Waals surface area contributed by atoms with Gasteiger partial charge in [-0.3, -0.25) is 4.79 Å². The van der Waals surface area contributed by atoms with Crippen LogP contribution < -0.4 is 5.73 Å². The standard InChI is InChI=1S/C9H18N2O/c1-3-11(8-4-5-8)9(12)7(2)6-10/h7-8H,3-6,10H2,1-2H3. The number of hydrogen-bond donors (Lipinski definition) is 1. The number of hydrogen-bond acceptors (Lipinski definition) is 2. The molecule has 1 amide bonds. The van der Waals surface area contributed by atoms with Gasteiger partial charge < -0.3 is 10.6 Å². The quantitative estimate of drug-likeness (QED) is 0.671. The van der Waals surface area contributed by atoms with Gasteiger partial charge in [0.25, 0.3) is 0 Å². The zero-order valence-corrected chi connectivity index (χ0v) is 7.92. The summed E-state index contributed by atoms with van der Waals surface area (Å²) >= 11 is 0. The van der Waals surface area contributed by atoms with Gasteiger partial charge in [-0.2, -0.15) is 0 Å². The summed E-state index contributed by atoms with van der Waals surface area (Å²) in [5, 5.41) is 0. The Morgan fingerprint density at radius 2 is 2.25 bits per heavy atom. The Kier molecular flexibility index (Phi) is 3.09. The number of amides is 1. The maximum absolute atomic E-state index is 11.6. The number of carbonyl (C=O) groups is 1. The Morgan fingerprint density at radius 3 is 2.58 bits per heavy atom. The Hall–Kier alpha value is -0.570. The minimum Gasteiger partial charge on any atom is -0.340 e. The fraction of sp³-hybridized carbons (Fsp3) is 0.889. The Labute approximate surface area is 73.9 Å². The van der Waals surface area contributed by atoms with Gasteiger partial charge in [-0.15, -0.1) is 0 Å². The summed E-state index contributed by atoms with van der Waals surface area (Å²) < 4.78 is 0. The first kappa shape index (κ1) is 9.52. The van der Waals surface area contributed by atoms with E-state index in [-0.39, 0.29) is 11.8 Å². The lowest BCUT2D eigenvalue weighted by Crippen LogP contribution is -2.39. The maximum Gasteiger partial charge on any atom is 0.226 e. The molecule has 0 bridgehead atoms. The van der Waals surface area contributed by atoms with E-state index in [1.165, 1.54) is 12.8 Å². The van der Waals surface area contributed by atoms with E-state index in [0.29, 0.717) is 12.6 Å². The highest BCUT2D eigenvalue weighted by Gasteiger charge is 2.32. The van der Waals surface area contributed by atoms with Crippen molar-refractivity contribution in [3.05, 3.63) is 0 Å². The van der Waals surface area contributed by atoms with E-state index in [4.69, 9.17) is 5.73 Å². The molecule has 1 saturated carbocycles. The van der Waals surface area contributed by atoms with Gasteiger partial charge in [0, 0.05) is 25.0 Å². The minimum atomic E-state index is -0.00875. The van der Waals surface area contributed by atoms with Crippen LogP contribution >= 0.6 is 0 Å². The van der Waals surface area contributed by atoms with Crippen LogP contribution in [0.25, 0.3) is 0 Å². The summed E-state index contributed by atoms with van der Waals surface area (Å²) in [6.07, 6.45) is 2.35. The van der Waals surface area contributed by atoms with Gasteiger partial charge in [-0.1, -0.05) is 6.92 Å². The van der Waals surface area contributed by atoms with Gasteiger partial charge in [-0.05, 0) is 19.8 Å². The molecule has 0 heterocycles. The Morgan fingerprint density at radius 1 is 1.67 bits per heavy atom. The molecule has 0 spiro atoms. The van der Waals surface area contributed by atoms with Crippen molar-refractivity contribution in [1.82, 2.24) is 4.90 Å². The molecule has 3 heteroatoms. The third-order valence-electron chi connectivity index (χ3n) is 2.39. The van der Waals surface area contributed by atoms with Gasteiger partial charge >= 0.3 is 0 Å². The van der Waals surface area contributed by atoms with Crippen LogP contribution in [0.1, 0.15) is 26.7 Å². The third kappa shape index (κ3) is 1.97. The van der Waals surface area contributed by atoms with E-state index in [2.05, 4.69) is 0 Å². The normalized spacial score (nSPS) is 18.9. The molecule has 3 nitrogen and oxygen atoms in total. The van der Waals surface area contributed by atoms with Crippen LogP contribution in [0.15, 0.2) is 0 Å². The Bertz CT molecular complexity index is 166. The highest BCUT2D eigenvalue weighted by molar-refractivity contribution is 5.79. The van der Waals surface area contributed by atoms with Crippen LogP contribution in [0.3, 0.4) is 0 Å². The molecular weight excluding hydrogens is 152 g/mol. The van der Waals surface area contributed by atoms with Crippen molar-refractivity contribution < 1.29 is 4.79 Å². The highest BCUT2D eigenvalue weighted by Crippen LogP contribution is 2.27. The molecule has 0 aliphatic heterocycles. The molecule has 1 aliphatic rings. The van der Waals surface area contributed by atoms with Gasteiger partial charge in [0.05, 0.1) is 0 Å². The summed E-state index contributed by atoms with van der Waals surface area (Å²) in [5.74, 6) is 0.216. The highest BCUT2D eigenvalue weighted by atomic mass is 16.2. The first-order valence-corrected chi connectivity index (χ1v) is 4.71. The SMILES string of the molecule is CCN(C(=O)C(C)CN)C1CC1. The van der Waals surface area contributed by atoms with E-state index in [9.17, 15) is 4.79 Å². The van der Waals surface area contributed by atoms with Crippen molar-refractivity contribution in [3.63, 3.8) is 0 Å². The molecule has 1 rings (SSSR count). The van der Waals surface area contributed by atoms with Gasteiger partial charge in [0.1, 0.15) is 0 Å². The topological polar surface area (TPSA) is 46.3 Å². The fourth-order valence-electron chi connectivity index (χ4n) is 1.36. The van der Waals surface area contributed by atoms with Gasteiger partial charge in [-0.25, -0.2) is 0 Å². The third-order valence-corrected chi connectivity index (χ3v) is 2.39. The smallest absolute Gasteiger partial charge is 0.226 e. The van der Waals surface area contributed by atoms with Crippen molar-refractivity contribution >= 4 is 5.91 Å². The largest absolute Gasteiger partial charge is 0.340 e. The molecule has 70 valence electrons. The average molecular weight is 170 g/mol. The number of carbonyl (C=O) groups excluding carboxylic acids is 1. The second-order valence-electron chi connectivity index (χ2n) is 3.49. The van der Waals surface area contributed by atoms with Crippen molar-refractivity contribution in [2.24, 2.45) is 11.7 Å².